The Bertz CT molecular complexity index is 1360. The van der Waals surface area contributed by atoms with E-state index in [2.05, 4.69) is 30.4 Å². The SMILES string of the molecule is Cc1nc2ccc(F)cc2nc1-c1cc2nc(N3CC[C@@H](F)C3)nc(NCC(C)(C)O)n2n1.Cl. The van der Waals surface area contributed by atoms with Gasteiger partial charge in [-0.15, -0.1) is 12.4 Å². The van der Waals surface area contributed by atoms with Crippen molar-refractivity contribution in [3.05, 3.63) is 35.8 Å². The highest BCUT2D eigenvalue weighted by molar-refractivity contribution is 5.85. The number of aliphatic hydroxyl groups is 1. The summed E-state index contributed by atoms with van der Waals surface area (Å²) in [6, 6.07) is 6.00. The third kappa shape index (κ3) is 4.71. The number of nitrogens with one attached hydrogen (secondary N) is 1. The number of hydrogen-bond donors (Lipinski definition) is 2. The molecule has 0 unspecified atom stereocenters. The van der Waals surface area contributed by atoms with Crippen LogP contribution in [0, 0.1) is 12.7 Å². The van der Waals surface area contributed by atoms with Gasteiger partial charge in [-0.25, -0.2) is 18.7 Å². The van der Waals surface area contributed by atoms with Crippen molar-refractivity contribution in [3.8, 4) is 11.4 Å². The second-order valence-electron chi connectivity index (χ2n) is 8.94. The highest BCUT2D eigenvalue weighted by Gasteiger charge is 2.26. The lowest BCUT2D eigenvalue weighted by molar-refractivity contribution is 0.0942. The van der Waals surface area contributed by atoms with Crippen LogP contribution in [0.5, 0.6) is 0 Å². The molecule has 1 fully saturated rings. The lowest BCUT2D eigenvalue weighted by atomic mass is 10.1. The Morgan fingerprint density at radius 1 is 1.15 bits per heavy atom. The van der Waals surface area contributed by atoms with Gasteiger partial charge in [0.15, 0.2) is 5.65 Å². The number of fused-ring (bicyclic) bond motifs is 2. The first kappa shape index (κ1) is 24.0. The summed E-state index contributed by atoms with van der Waals surface area (Å²) in [6.45, 7) is 6.12. The van der Waals surface area contributed by atoms with E-state index in [0.717, 1.165) is 0 Å². The monoisotopic (exact) mass is 490 g/mol. The second-order valence-corrected chi connectivity index (χ2v) is 8.94. The summed E-state index contributed by atoms with van der Waals surface area (Å²) in [5, 5.41) is 17.9. The number of nitrogens with zero attached hydrogens (tertiary/aromatic N) is 7. The summed E-state index contributed by atoms with van der Waals surface area (Å²) in [7, 11) is 0. The largest absolute Gasteiger partial charge is 0.389 e. The van der Waals surface area contributed by atoms with Gasteiger partial charge in [0.25, 0.3) is 0 Å². The molecular weight excluding hydrogens is 466 g/mol. The first-order valence-corrected chi connectivity index (χ1v) is 10.7. The number of aromatic nitrogens is 6. The van der Waals surface area contributed by atoms with E-state index in [0.29, 0.717) is 58.6 Å². The fraction of sp³-hybridized carbons (Fsp3) is 0.409. The van der Waals surface area contributed by atoms with Crippen molar-refractivity contribution in [2.45, 2.75) is 39.0 Å². The van der Waals surface area contributed by atoms with Crippen molar-refractivity contribution in [2.24, 2.45) is 0 Å². The molecule has 12 heteroatoms. The van der Waals surface area contributed by atoms with Crippen molar-refractivity contribution in [1.82, 2.24) is 29.5 Å². The maximum absolute atomic E-state index is 13.8. The van der Waals surface area contributed by atoms with Gasteiger partial charge in [0, 0.05) is 25.2 Å². The Hall–Kier alpha value is -3.18. The molecule has 3 aromatic heterocycles. The minimum absolute atomic E-state index is 0. The molecular formula is C22H25ClF2N8O. The van der Waals surface area contributed by atoms with Gasteiger partial charge in [-0.1, -0.05) is 0 Å². The number of hydrogen-bond acceptors (Lipinski definition) is 8. The predicted octanol–water partition coefficient (Wildman–Crippen LogP) is 3.33. The number of halogens is 3. The molecule has 1 aliphatic rings. The number of alkyl halides is 1. The predicted molar refractivity (Wildman–Crippen MR) is 128 cm³/mol. The zero-order valence-electron chi connectivity index (χ0n) is 19.0. The zero-order valence-corrected chi connectivity index (χ0v) is 19.8. The Balaban J connectivity index is 0.00000274. The molecule has 1 aliphatic heterocycles. The van der Waals surface area contributed by atoms with Gasteiger partial charge in [0.05, 0.1) is 28.9 Å². The first-order chi connectivity index (χ1) is 15.7. The van der Waals surface area contributed by atoms with Gasteiger partial charge >= 0.3 is 0 Å². The van der Waals surface area contributed by atoms with Crippen LogP contribution in [0.25, 0.3) is 28.1 Å². The van der Waals surface area contributed by atoms with Crippen molar-refractivity contribution < 1.29 is 13.9 Å². The Morgan fingerprint density at radius 2 is 1.94 bits per heavy atom. The highest BCUT2D eigenvalue weighted by atomic mass is 35.5. The molecule has 2 N–H and O–H groups in total. The van der Waals surface area contributed by atoms with E-state index in [1.54, 1.807) is 30.9 Å². The Labute approximate surface area is 200 Å². The quantitative estimate of drug-likeness (QED) is 0.439. The van der Waals surface area contributed by atoms with Crippen LogP contribution in [0.1, 0.15) is 26.0 Å². The molecule has 0 radical (unpaired) electrons. The smallest absolute Gasteiger partial charge is 0.230 e. The molecule has 1 saturated heterocycles. The van der Waals surface area contributed by atoms with Gasteiger partial charge < -0.3 is 15.3 Å². The van der Waals surface area contributed by atoms with Crippen LogP contribution in [0.15, 0.2) is 24.3 Å². The third-order valence-electron chi connectivity index (χ3n) is 5.45. The van der Waals surface area contributed by atoms with Gasteiger partial charge in [-0.05, 0) is 39.3 Å². The van der Waals surface area contributed by atoms with E-state index in [9.17, 15) is 13.9 Å². The lowest BCUT2D eigenvalue weighted by Crippen LogP contribution is -2.31. The van der Waals surface area contributed by atoms with Crippen molar-refractivity contribution in [3.63, 3.8) is 0 Å². The Kier molecular flexibility index (Phi) is 6.26. The van der Waals surface area contributed by atoms with Crippen LogP contribution in [-0.2, 0) is 0 Å². The second kappa shape index (κ2) is 8.88. The average Bonchev–Trinajstić information content (AvgIpc) is 3.37. The summed E-state index contributed by atoms with van der Waals surface area (Å²) in [4.78, 5) is 20.0. The van der Waals surface area contributed by atoms with Crippen LogP contribution in [0.4, 0.5) is 20.7 Å². The molecule has 34 heavy (non-hydrogen) atoms. The maximum atomic E-state index is 13.8. The van der Waals surface area contributed by atoms with Gasteiger partial charge in [-0.2, -0.15) is 19.6 Å². The molecule has 1 aromatic carbocycles. The van der Waals surface area contributed by atoms with Gasteiger partial charge in [0.1, 0.15) is 23.4 Å². The van der Waals surface area contributed by atoms with Crippen molar-refractivity contribution in [2.75, 3.05) is 29.9 Å². The zero-order chi connectivity index (χ0) is 23.3. The van der Waals surface area contributed by atoms with E-state index in [1.165, 1.54) is 16.6 Å². The summed E-state index contributed by atoms with van der Waals surface area (Å²) >= 11 is 0. The fourth-order valence-electron chi connectivity index (χ4n) is 3.80. The summed E-state index contributed by atoms with van der Waals surface area (Å²) in [6.07, 6.45) is -0.498. The van der Waals surface area contributed by atoms with E-state index in [1.807, 2.05) is 6.92 Å². The van der Waals surface area contributed by atoms with Crippen LogP contribution in [-0.4, -0.2) is 66.1 Å². The minimum Gasteiger partial charge on any atom is -0.389 e. The molecule has 0 bridgehead atoms. The molecule has 0 aliphatic carbocycles. The minimum atomic E-state index is -0.990. The molecule has 0 spiro atoms. The van der Waals surface area contributed by atoms with E-state index < -0.39 is 17.6 Å². The topological polar surface area (TPSA) is 104 Å². The molecule has 4 aromatic rings. The molecule has 5 rings (SSSR count). The molecule has 4 heterocycles. The van der Waals surface area contributed by atoms with Crippen molar-refractivity contribution in [1.29, 1.82) is 0 Å². The van der Waals surface area contributed by atoms with Gasteiger partial charge in [0.2, 0.25) is 11.9 Å². The fourth-order valence-corrected chi connectivity index (χ4v) is 3.80. The molecule has 180 valence electrons. The Morgan fingerprint density at radius 3 is 2.65 bits per heavy atom. The summed E-state index contributed by atoms with van der Waals surface area (Å²) in [5.41, 5.74) is 2.13. The van der Waals surface area contributed by atoms with Gasteiger partial charge in [-0.3, -0.25) is 0 Å². The van der Waals surface area contributed by atoms with E-state index in [-0.39, 0.29) is 25.5 Å². The van der Waals surface area contributed by atoms with Crippen LogP contribution in [0.2, 0.25) is 0 Å². The van der Waals surface area contributed by atoms with Crippen LogP contribution >= 0.6 is 12.4 Å². The molecule has 0 saturated carbocycles. The van der Waals surface area contributed by atoms with E-state index >= 15 is 0 Å². The average molecular weight is 491 g/mol. The normalized spacial score (nSPS) is 16.3. The molecule has 0 amide bonds. The standard InChI is InChI=1S/C22H24F2N8O.ClH/c1-12-19(27-16-8-13(23)4-5-15(16)26-12)17-9-18-28-21(31-7-6-14(24)10-31)29-20(32(18)30-17)25-11-22(2,3)33;/h4-5,8-9,14,33H,6-7,10-11H2,1-3H3,(H,25,28,29);1H/t14-;/m1./s1. The third-order valence-corrected chi connectivity index (χ3v) is 5.45. The first-order valence-electron chi connectivity index (χ1n) is 10.7. The number of rotatable bonds is 5. The number of aryl methyl sites for hydroxylation is 1. The molecule has 9 nitrogen and oxygen atoms in total. The van der Waals surface area contributed by atoms with Crippen molar-refractivity contribution >= 4 is 41.0 Å². The molecule has 1 atom stereocenters. The number of anilines is 2. The maximum Gasteiger partial charge on any atom is 0.230 e. The van der Waals surface area contributed by atoms with E-state index in [4.69, 9.17) is 0 Å². The number of benzene rings is 1. The highest BCUT2D eigenvalue weighted by Crippen LogP contribution is 2.26. The summed E-state index contributed by atoms with van der Waals surface area (Å²) < 4.78 is 29.0. The van der Waals surface area contributed by atoms with Crippen LogP contribution < -0.4 is 10.2 Å². The summed E-state index contributed by atoms with van der Waals surface area (Å²) in [5.74, 6) is 0.353. The lowest BCUT2D eigenvalue weighted by Gasteiger charge is -2.20. The van der Waals surface area contributed by atoms with Crippen LogP contribution in [0.3, 0.4) is 0 Å².